The first-order chi connectivity index (χ1) is 13.1. The fraction of sp³-hybridized carbons (Fsp3) is 0.286. The van der Waals surface area contributed by atoms with Crippen molar-refractivity contribution in [1.82, 2.24) is 9.29 Å². The van der Waals surface area contributed by atoms with Crippen LogP contribution in [0.15, 0.2) is 65.7 Å². The van der Waals surface area contributed by atoms with Crippen molar-refractivity contribution >= 4 is 20.9 Å². The highest BCUT2D eigenvalue weighted by Gasteiger charge is 2.32. The minimum absolute atomic E-state index is 0.00439. The maximum Gasteiger partial charge on any atom is 0.243 e. The average molecular weight is 382 g/mol. The van der Waals surface area contributed by atoms with Crippen LogP contribution in [0.5, 0.6) is 0 Å². The summed E-state index contributed by atoms with van der Waals surface area (Å²) in [5, 5.41) is 1.06. The molecule has 2 heterocycles. The Labute approximate surface area is 159 Å². The summed E-state index contributed by atoms with van der Waals surface area (Å²) in [5.41, 5.74) is 2.96. The van der Waals surface area contributed by atoms with Crippen LogP contribution in [0.4, 0.5) is 0 Å². The maximum absolute atomic E-state index is 12.9. The Kier molecular flexibility index (Phi) is 4.95. The molecule has 4 rings (SSSR count). The van der Waals surface area contributed by atoms with Crippen molar-refractivity contribution < 1.29 is 13.2 Å². The molecule has 1 fully saturated rings. The third-order valence-electron chi connectivity index (χ3n) is 4.94. The van der Waals surface area contributed by atoms with Crippen LogP contribution in [0.3, 0.4) is 0 Å². The molecular formula is C21H22N2O3S. The van der Waals surface area contributed by atoms with Crippen LogP contribution in [0.1, 0.15) is 13.3 Å². The van der Waals surface area contributed by atoms with Gasteiger partial charge in [-0.15, -0.1) is 0 Å². The molecule has 0 radical (unpaired) electrons. The van der Waals surface area contributed by atoms with Crippen LogP contribution >= 0.6 is 0 Å². The molecule has 0 amide bonds. The van der Waals surface area contributed by atoms with E-state index in [9.17, 15) is 8.42 Å². The number of nitrogens with zero attached hydrogens (tertiary/aromatic N) is 2. The molecular weight excluding hydrogens is 360 g/mol. The number of aromatic nitrogens is 1. The molecule has 1 saturated heterocycles. The Morgan fingerprint density at radius 2 is 1.89 bits per heavy atom. The Morgan fingerprint density at radius 1 is 1.11 bits per heavy atom. The standard InChI is InChI=1S/C21H22N2O3S/c1-2-26-19-11-13-23(15-19)27(24,25)20-8-5-16(6-9-20)17-7-10-21-18(14-17)4-3-12-22-21/h3-10,12,14,19H,2,11,13,15H2,1H3. The Bertz CT molecular complexity index is 1050. The van der Waals surface area contributed by atoms with E-state index >= 15 is 0 Å². The normalized spacial score (nSPS) is 18.2. The van der Waals surface area contributed by atoms with E-state index < -0.39 is 10.0 Å². The number of ether oxygens (including phenoxy) is 1. The summed E-state index contributed by atoms with van der Waals surface area (Å²) in [6.45, 7) is 3.47. The molecule has 2 aromatic carbocycles. The molecule has 1 aliphatic rings. The molecule has 5 nitrogen and oxygen atoms in total. The molecule has 0 bridgehead atoms. The van der Waals surface area contributed by atoms with Crippen molar-refractivity contribution in [3.63, 3.8) is 0 Å². The summed E-state index contributed by atoms with van der Waals surface area (Å²) in [4.78, 5) is 4.66. The zero-order valence-corrected chi connectivity index (χ0v) is 16.0. The summed E-state index contributed by atoms with van der Waals surface area (Å²) in [6, 6.07) is 17.1. The van der Waals surface area contributed by atoms with E-state index in [-0.39, 0.29) is 6.10 Å². The lowest BCUT2D eigenvalue weighted by molar-refractivity contribution is 0.0738. The maximum atomic E-state index is 12.9. The van der Waals surface area contributed by atoms with Crippen molar-refractivity contribution in [3.05, 3.63) is 60.8 Å². The Balaban J connectivity index is 1.58. The van der Waals surface area contributed by atoms with Crippen molar-refractivity contribution in [1.29, 1.82) is 0 Å². The summed E-state index contributed by atoms with van der Waals surface area (Å²) in [7, 11) is -3.48. The number of rotatable bonds is 5. The lowest BCUT2D eigenvalue weighted by atomic mass is 10.0. The lowest BCUT2D eigenvalue weighted by Gasteiger charge is -2.17. The monoisotopic (exact) mass is 382 g/mol. The summed E-state index contributed by atoms with van der Waals surface area (Å²) >= 11 is 0. The number of sulfonamides is 1. The van der Waals surface area contributed by atoms with Crippen molar-refractivity contribution in [2.24, 2.45) is 0 Å². The first-order valence-electron chi connectivity index (χ1n) is 9.15. The Hall–Kier alpha value is -2.28. The number of fused-ring (bicyclic) bond motifs is 1. The van der Waals surface area contributed by atoms with Gasteiger partial charge in [-0.25, -0.2) is 8.42 Å². The van der Waals surface area contributed by atoms with Gasteiger partial charge in [-0.2, -0.15) is 4.31 Å². The number of pyridine rings is 1. The van der Waals surface area contributed by atoms with Gasteiger partial charge in [-0.05, 0) is 54.8 Å². The van der Waals surface area contributed by atoms with E-state index in [1.54, 1.807) is 18.3 Å². The highest BCUT2D eigenvalue weighted by atomic mass is 32.2. The molecule has 6 heteroatoms. The largest absolute Gasteiger partial charge is 0.377 e. The molecule has 0 saturated carbocycles. The molecule has 3 aromatic rings. The van der Waals surface area contributed by atoms with Gasteiger partial charge in [0.05, 0.1) is 16.5 Å². The topological polar surface area (TPSA) is 59.5 Å². The zero-order valence-electron chi connectivity index (χ0n) is 15.2. The zero-order chi connectivity index (χ0) is 18.9. The van der Waals surface area contributed by atoms with Crippen LogP contribution in [0.25, 0.3) is 22.0 Å². The first-order valence-corrected chi connectivity index (χ1v) is 10.6. The fourth-order valence-electron chi connectivity index (χ4n) is 3.51. The van der Waals surface area contributed by atoms with Gasteiger partial charge >= 0.3 is 0 Å². The molecule has 1 unspecified atom stereocenters. The van der Waals surface area contributed by atoms with Crippen molar-refractivity contribution in [2.45, 2.75) is 24.3 Å². The van der Waals surface area contributed by atoms with Crippen LogP contribution in [-0.4, -0.2) is 43.5 Å². The molecule has 1 aromatic heterocycles. The minimum Gasteiger partial charge on any atom is -0.377 e. The summed E-state index contributed by atoms with van der Waals surface area (Å²) < 4.78 is 32.8. The first kappa shape index (κ1) is 18.1. The van der Waals surface area contributed by atoms with Gasteiger partial charge in [0.15, 0.2) is 0 Å². The van der Waals surface area contributed by atoms with E-state index in [4.69, 9.17) is 4.74 Å². The highest BCUT2D eigenvalue weighted by Crippen LogP contribution is 2.27. The van der Waals surface area contributed by atoms with Crippen molar-refractivity contribution in [3.8, 4) is 11.1 Å². The predicted molar refractivity (Wildman–Crippen MR) is 106 cm³/mol. The molecule has 27 heavy (non-hydrogen) atoms. The second-order valence-electron chi connectivity index (χ2n) is 6.66. The number of hydrogen-bond acceptors (Lipinski definition) is 4. The molecule has 1 aliphatic heterocycles. The van der Waals surface area contributed by atoms with Crippen LogP contribution in [-0.2, 0) is 14.8 Å². The van der Waals surface area contributed by atoms with Gasteiger partial charge in [0.25, 0.3) is 0 Å². The SMILES string of the molecule is CCOC1CCN(S(=O)(=O)c2ccc(-c3ccc4ncccc4c3)cc2)C1. The highest BCUT2D eigenvalue weighted by molar-refractivity contribution is 7.89. The average Bonchev–Trinajstić information content (AvgIpc) is 3.18. The van der Waals surface area contributed by atoms with Crippen LogP contribution in [0.2, 0.25) is 0 Å². The number of benzene rings is 2. The smallest absolute Gasteiger partial charge is 0.243 e. The lowest BCUT2D eigenvalue weighted by Crippen LogP contribution is -2.30. The van der Waals surface area contributed by atoms with Crippen LogP contribution in [0, 0.1) is 0 Å². The molecule has 140 valence electrons. The van der Waals surface area contributed by atoms with Crippen molar-refractivity contribution in [2.75, 3.05) is 19.7 Å². The predicted octanol–water partition coefficient (Wildman–Crippen LogP) is 3.70. The summed E-state index contributed by atoms with van der Waals surface area (Å²) in [5.74, 6) is 0. The van der Waals surface area contributed by atoms with E-state index in [0.29, 0.717) is 24.6 Å². The van der Waals surface area contributed by atoms with Gasteiger partial charge in [-0.3, -0.25) is 4.98 Å². The van der Waals surface area contributed by atoms with Crippen LogP contribution < -0.4 is 0 Å². The molecule has 1 atom stereocenters. The molecule has 0 N–H and O–H groups in total. The third-order valence-corrected chi connectivity index (χ3v) is 6.82. The summed E-state index contributed by atoms with van der Waals surface area (Å²) in [6.07, 6.45) is 2.52. The third kappa shape index (κ3) is 3.60. The molecule has 0 aliphatic carbocycles. The minimum atomic E-state index is -3.48. The molecule has 0 spiro atoms. The van der Waals surface area contributed by atoms with Gasteiger partial charge in [-0.1, -0.05) is 24.3 Å². The van der Waals surface area contributed by atoms with E-state index in [2.05, 4.69) is 11.1 Å². The Morgan fingerprint density at radius 3 is 2.67 bits per heavy atom. The van der Waals surface area contributed by atoms with Gasteiger partial charge in [0.1, 0.15) is 0 Å². The second-order valence-corrected chi connectivity index (χ2v) is 8.60. The van der Waals surface area contributed by atoms with E-state index in [0.717, 1.165) is 28.5 Å². The quantitative estimate of drug-likeness (QED) is 0.675. The van der Waals surface area contributed by atoms with E-state index in [1.165, 1.54) is 4.31 Å². The second kappa shape index (κ2) is 7.38. The van der Waals surface area contributed by atoms with Gasteiger partial charge < -0.3 is 4.74 Å². The van der Waals surface area contributed by atoms with Gasteiger partial charge in [0.2, 0.25) is 10.0 Å². The fourth-order valence-corrected chi connectivity index (χ4v) is 5.00. The van der Waals surface area contributed by atoms with Gasteiger partial charge in [0, 0.05) is 31.3 Å². The van der Waals surface area contributed by atoms with E-state index in [1.807, 2.05) is 43.3 Å². The number of hydrogen-bond donors (Lipinski definition) is 0.